The molecular formula is C11H11ClN4O3S. The molecule has 0 spiro atoms. The number of benzene rings is 1. The smallest absolute Gasteiger partial charge is 0.267 e. The van der Waals surface area contributed by atoms with E-state index < -0.39 is 10.0 Å². The summed E-state index contributed by atoms with van der Waals surface area (Å²) in [6, 6.07) is 5.71. The van der Waals surface area contributed by atoms with Gasteiger partial charge in [0.05, 0.1) is 7.11 Å². The molecule has 0 saturated carbocycles. The highest BCUT2D eigenvalue weighted by atomic mass is 35.5. The molecule has 9 heteroatoms. The van der Waals surface area contributed by atoms with Crippen molar-refractivity contribution in [3.05, 3.63) is 35.6 Å². The van der Waals surface area contributed by atoms with Crippen LogP contribution in [-0.4, -0.2) is 25.5 Å². The number of nitrogens with one attached hydrogen (secondary N) is 1. The number of ether oxygens (including phenoxy) is 1. The molecular weight excluding hydrogens is 304 g/mol. The van der Waals surface area contributed by atoms with E-state index in [2.05, 4.69) is 14.7 Å². The Balaban J connectivity index is 2.43. The normalized spacial score (nSPS) is 11.1. The molecule has 0 radical (unpaired) electrons. The van der Waals surface area contributed by atoms with Crippen molar-refractivity contribution in [2.24, 2.45) is 0 Å². The number of methoxy groups -OCH3 is 1. The summed E-state index contributed by atoms with van der Waals surface area (Å²) in [5, 5.41) is 0.122. The van der Waals surface area contributed by atoms with Gasteiger partial charge < -0.3 is 10.5 Å². The lowest BCUT2D eigenvalue weighted by atomic mass is 10.3. The Labute approximate surface area is 120 Å². The standard InChI is InChI=1S/C11H11ClN4O3S/c1-19-8-3-2-7(13)6-9(8)20(17,18)16-11-14-5-4-10(12)15-11/h2-6H,13H2,1H3,(H,14,15,16). The van der Waals surface area contributed by atoms with E-state index in [1.54, 1.807) is 0 Å². The zero-order chi connectivity index (χ0) is 14.8. The molecule has 106 valence electrons. The van der Waals surface area contributed by atoms with Gasteiger partial charge in [0, 0.05) is 11.9 Å². The Hall–Kier alpha value is -2.06. The molecule has 0 amide bonds. The van der Waals surface area contributed by atoms with Crippen LogP contribution in [-0.2, 0) is 10.0 Å². The van der Waals surface area contributed by atoms with E-state index in [0.29, 0.717) is 0 Å². The summed E-state index contributed by atoms with van der Waals surface area (Å²) < 4.78 is 31.8. The van der Waals surface area contributed by atoms with Crippen LogP contribution < -0.4 is 15.2 Å². The zero-order valence-electron chi connectivity index (χ0n) is 10.4. The van der Waals surface area contributed by atoms with Crippen LogP contribution in [0.25, 0.3) is 0 Å². The Morgan fingerprint density at radius 3 is 2.75 bits per heavy atom. The summed E-state index contributed by atoms with van der Waals surface area (Å²) >= 11 is 5.67. The second-order valence-corrected chi connectivity index (χ2v) is 5.76. The largest absolute Gasteiger partial charge is 0.495 e. The second kappa shape index (κ2) is 5.51. The van der Waals surface area contributed by atoms with Crippen molar-refractivity contribution < 1.29 is 13.2 Å². The molecule has 7 nitrogen and oxygen atoms in total. The topological polar surface area (TPSA) is 107 Å². The molecule has 0 saturated heterocycles. The van der Waals surface area contributed by atoms with Gasteiger partial charge in [0.15, 0.2) is 0 Å². The van der Waals surface area contributed by atoms with Crippen LogP contribution in [0.15, 0.2) is 35.4 Å². The number of nitrogens with zero attached hydrogens (tertiary/aromatic N) is 2. The van der Waals surface area contributed by atoms with Crippen LogP contribution >= 0.6 is 11.6 Å². The number of hydrogen-bond donors (Lipinski definition) is 2. The molecule has 0 aliphatic carbocycles. The number of nitrogen functional groups attached to an aromatic ring is 1. The Bertz CT molecular complexity index is 736. The zero-order valence-corrected chi connectivity index (χ0v) is 11.9. The van der Waals surface area contributed by atoms with E-state index in [-0.39, 0.29) is 27.4 Å². The van der Waals surface area contributed by atoms with Crippen molar-refractivity contribution in [2.75, 3.05) is 17.6 Å². The van der Waals surface area contributed by atoms with E-state index in [1.165, 1.54) is 37.6 Å². The van der Waals surface area contributed by atoms with Crippen molar-refractivity contribution in [1.29, 1.82) is 0 Å². The molecule has 0 aliphatic rings. The summed E-state index contributed by atoms with van der Waals surface area (Å²) in [4.78, 5) is 7.42. The molecule has 1 heterocycles. The molecule has 0 aliphatic heterocycles. The van der Waals surface area contributed by atoms with Crippen LogP contribution in [0.3, 0.4) is 0 Å². The minimum atomic E-state index is -3.93. The summed E-state index contributed by atoms with van der Waals surface area (Å²) in [6.45, 7) is 0. The number of anilines is 2. The highest BCUT2D eigenvalue weighted by Gasteiger charge is 2.21. The van der Waals surface area contributed by atoms with E-state index in [1.807, 2.05) is 0 Å². The molecule has 0 unspecified atom stereocenters. The fourth-order valence-corrected chi connectivity index (χ4v) is 2.76. The third kappa shape index (κ3) is 3.09. The van der Waals surface area contributed by atoms with Crippen LogP contribution in [0.4, 0.5) is 11.6 Å². The van der Waals surface area contributed by atoms with Gasteiger partial charge in [-0.3, -0.25) is 0 Å². The second-order valence-electron chi connectivity index (χ2n) is 3.72. The predicted molar refractivity (Wildman–Crippen MR) is 75.3 cm³/mol. The fourth-order valence-electron chi connectivity index (χ4n) is 1.46. The summed E-state index contributed by atoms with van der Waals surface area (Å²) in [7, 11) is -2.57. The van der Waals surface area contributed by atoms with Gasteiger partial charge in [0.2, 0.25) is 5.95 Å². The number of nitrogens with two attached hydrogens (primary N) is 1. The fraction of sp³-hybridized carbons (Fsp3) is 0.0909. The molecule has 2 aromatic rings. The molecule has 3 N–H and O–H groups in total. The number of hydrogen-bond acceptors (Lipinski definition) is 6. The predicted octanol–water partition coefficient (Wildman–Crippen LogP) is 1.52. The van der Waals surface area contributed by atoms with Gasteiger partial charge in [-0.15, -0.1) is 0 Å². The lowest BCUT2D eigenvalue weighted by molar-refractivity contribution is 0.403. The van der Waals surface area contributed by atoms with Gasteiger partial charge >= 0.3 is 0 Å². The van der Waals surface area contributed by atoms with Gasteiger partial charge in [-0.1, -0.05) is 11.6 Å². The minimum Gasteiger partial charge on any atom is -0.495 e. The Kier molecular flexibility index (Phi) is 3.96. The van der Waals surface area contributed by atoms with Gasteiger partial charge in [-0.05, 0) is 24.3 Å². The molecule has 1 aromatic heterocycles. The van der Waals surface area contributed by atoms with E-state index in [0.717, 1.165) is 0 Å². The average molecular weight is 315 g/mol. The maximum absolute atomic E-state index is 12.3. The third-order valence-corrected chi connectivity index (χ3v) is 3.88. The molecule has 1 aromatic carbocycles. The first kappa shape index (κ1) is 14.4. The van der Waals surface area contributed by atoms with Gasteiger partial charge in [-0.25, -0.2) is 23.1 Å². The molecule has 0 bridgehead atoms. The summed E-state index contributed by atoms with van der Waals surface area (Å²) in [5.41, 5.74) is 5.89. The maximum atomic E-state index is 12.3. The van der Waals surface area contributed by atoms with Crippen LogP contribution in [0.2, 0.25) is 5.15 Å². The van der Waals surface area contributed by atoms with Crippen molar-refractivity contribution in [3.63, 3.8) is 0 Å². The van der Waals surface area contributed by atoms with Crippen molar-refractivity contribution in [3.8, 4) is 5.75 Å². The van der Waals surface area contributed by atoms with E-state index in [9.17, 15) is 8.42 Å². The van der Waals surface area contributed by atoms with Gasteiger partial charge in [-0.2, -0.15) is 0 Å². The Morgan fingerprint density at radius 2 is 2.10 bits per heavy atom. The first-order valence-corrected chi connectivity index (χ1v) is 7.23. The summed E-state index contributed by atoms with van der Waals surface area (Å²) in [6.07, 6.45) is 1.34. The SMILES string of the molecule is COc1ccc(N)cc1S(=O)(=O)Nc1nccc(Cl)n1. The monoisotopic (exact) mass is 314 g/mol. The first-order chi connectivity index (χ1) is 9.42. The number of halogens is 1. The molecule has 0 atom stereocenters. The molecule has 0 fully saturated rings. The number of sulfonamides is 1. The minimum absolute atomic E-state index is 0.108. The van der Waals surface area contributed by atoms with Crippen molar-refractivity contribution >= 4 is 33.3 Å². The Morgan fingerprint density at radius 1 is 1.35 bits per heavy atom. The lowest BCUT2D eigenvalue weighted by Gasteiger charge is -2.11. The quantitative estimate of drug-likeness (QED) is 0.654. The van der Waals surface area contributed by atoms with Crippen LogP contribution in [0.1, 0.15) is 0 Å². The number of aromatic nitrogens is 2. The first-order valence-electron chi connectivity index (χ1n) is 5.37. The number of rotatable bonds is 4. The summed E-state index contributed by atoms with van der Waals surface area (Å²) in [5.74, 6) is 0.0238. The van der Waals surface area contributed by atoms with Crippen LogP contribution in [0.5, 0.6) is 5.75 Å². The highest BCUT2D eigenvalue weighted by Crippen LogP contribution is 2.27. The highest BCUT2D eigenvalue weighted by molar-refractivity contribution is 7.92. The van der Waals surface area contributed by atoms with E-state index in [4.69, 9.17) is 22.1 Å². The van der Waals surface area contributed by atoms with Gasteiger partial charge in [0.1, 0.15) is 15.8 Å². The van der Waals surface area contributed by atoms with Gasteiger partial charge in [0.25, 0.3) is 10.0 Å². The van der Waals surface area contributed by atoms with Crippen molar-refractivity contribution in [1.82, 2.24) is 9.97 Å². The average Bonchev–Trinajstić information content (AvgIpc) is 2.38. The lowest BCUT2D eigenvalue weighted by Crippen LogP contribution is -2.16. The van der Waals surface area contributed by atoms with E-state index >= 15 is 0 Å². The third-order valence-electron chi connectivity index (χ3n) is 2.32. The van der Waals surface area contributed by atoms with Crippen molar-refractivity contribution in [2.45, 2.75) is 4.90 Å². The molecule has 20 heavy (non-hydrogen) atoms. The van der Waals surface area contributed by atoms with Crippen LogP contribution in [0, 0.1) is 0 Å². The molecule has 2 rings (SSSR count). The maximum Gasteiger partial charge on any atom is 0.267 e.